The largest absolute Gasteiger partial charge is 0.309 e. The van der Waals surface area contributed by atoms with E-state index in [1.165, 1.54) is 5.56 Å². The summed E-state index contributed by atoms with van der Waals surface area (Å²) in [6.45, 7) is 3.15. The molecule has 0 fully saturated rings. The van der Waals surface area contributed by atoms with Gasteiger partial charge in [0.25, 0.3) is 0 Å². The predicted molar refractivity (Wildman–Crippen MR) is 80.3 cm³/mol. The van der Waals surface area contributed by atoms with Gasteiger partial charge >= 0.3 is 0 Å². The van der Waals surface area contributed by atoms with Gasteiger partial charge in [0, 0.05) is 12.6 Å². The van der Waals surface area contributed by atoms with E-state index in [-0.39, 0.29) is 5.82 Å². The Hall–Kier alpha value is -1.67. The van der Waals surface area contributed by atoms with Crippen LogP contribution in [0.2, 0.25) is 0 Å². The molecule has 2 heteroatoms. The fraction of sp³-hybridized carbons (Fsp3) is 0.333. The Kier molecular flexibility index (Phi) is 3.83. The SMILES string of the molecule is CC(CNC1CCc2c(F)cccc21)c1ccccc1. The Morgan fingerprint density at radius 1 is 1.15 bits per heavy atom. The first-order chi connectivity index (χ1) is 9.75. The highest BCUT2D eigenvalue weighted by molar-refractivity contribution is 5.35. The first-order valence-electron chi connectivity index (χ1n) is 7.31. The number of hydrogen-bond donors (Lipinski definition) is 1. The van der Waals surface area contributed by atoms with E-state index in [1.54, 1.807) is 6.07 Å². The maximum Gasteiger partial charge on any atom is 0.126 e. The van der Waals surface area contributed by atoms with E-state index in [1.807, 2.05) is 12.1 Å². The Labute approximate surface area is 119 Å². The number of nitrogens with one attached hydrogen (secondary N) is 1. The molecule has 1 N–H and O–H groups in total. The lowest BCUT2D eigenvalue weighted by molar-refractivity contribution is 0.504. The van der Waals surface area contributed by atoms with Crippen molar-refractivity contribution in [2.45, 2.75) is 31.7 Å². The van der Waals surface area contributed by atoms with Crippen LogP contribution in [-0.4, -0.2) is 6.54 Å². The zero-order valence-electron chi connectivity index (χ0n) is 11.8. The van der Waals surface area contributed by atoms with Gasteiger partial charge in [-0.2, -0.15) is 0 Å². The van der Waals surface area contributed by atoms with E-state index in [2.05, 4.69) is 42.6 Å². The zero-order chi connectivity index (χ0) is 13.9. The Morgan fingerprint density at radius 3 is 2.75 bits per heavy atom. The molecule has 20 heavy (non-hydrogen) atoms. The van der Waals surface area contributed by atoms with Gasteiger partial charge in [-0.15, -0.1) is 0 Å². The molecule has 3 rings (SSSR count). The maximum atomic E-state index is 13.7. The number of rotatable bonds is 4. The molecule has 2 unspecified atom stereocenters. The molecule has 0 aliphatic heterocycles. The van der Waals surface area contributed by atoms with Crippen molar-refractivity contribution in [2.24, 2.45) is 0 Å². The predicted octanol–water partition coefficient (Wildman–Crippen LogP) is 4.21. The second-order valence-electron chi connectivity index (χ2n) is 5.62. The molecule has 1 nitrogen and oxygen atoms in total. The van der Waals surface area contributed by atoms with Gasteiger partial charge in [-0.1, -0.05) is 49.4 Å². The molecule has 0 saturated heterocycles. The fourth-order valence-electron chi connectivity index (χ4n) is 3.04. The van der Waals surface area contributed by atoms with E-state index in [4.69, 9.17) is 0 Å². The van der Waals surface area contributed by atoms with E-state index in [0.29, 0.717) is 12.0 Å². The molecule has 0 amide bonds. The van der Waals surface area contributed by atoms with Crippen molar-refractivity contribution >= 4 is 0 Å². The van der Waals surface area contributed by atoms with Crippen molar-refractivity contribution in [2.75, 3.05) is 6.54 Å². The van der Waals surface area contributed by atoms with Crippen LogP contribution in [0.3, 0.4) is 0 Å². The highest BCUT2D eigenvalue weighted by Gasteiger charge is 2.24. The van der Waals surface area contributed by atoms with Crippen molar-refractivity contribution < 1.29 is 4.39 Å². The van der Waals surface area contributed by atoms with Crippen molar-refractivity contribution in [1.82, 2.24) is 5.32 Å². The van der Waals surface area contributed by atoms with Gasteiger partial charge in [-0.05, 0) is 41.5 Å². The second kappa shape index (κ2) is 5.76. The van der Waals surface area contributed by atoms with Crippen molar-refractivity contribution in [1.29, 1.82) is 0 Å². The van der Waals surface area contributed by atoms with E-state index in [9.17, 15) is 4.39 Å². The van der Waals surface area contributed by atoms with Crippen LogP contribution in [-0.2, 0) is 6.42 Å². The topological polar surface area (TPSA) is 12.0 Å². The normalized spacial score (nSPS) is 18.8. The van der Waals surface area contributed by atoms with Crippen LogP contribution in [0.1, 0.15) is 42.0 Å². The van der Waals surface area contributed by atoms with Crippen molar-refractivity contribution in [3.05, 3.63) is 71.0 Å². The molecule has 0 spiro atoms. The average Bonchev–Trinajstić information content (AvgIpc) is 2.90. The standard InChI is InChI=1S/C18H20FN/c1-13(14-6-3-2-4-7-14)12-20-18-11-10-15-16(18)8-5-9-17(15)19/h2-9,13,18,20H,10-12H2,1H3. The molecule has 1 aliphatic carbocycles. The van der Waals surface area contributed by atoms with Gasteiger partial charge in [0.15, 0.2) is 0 Å². The van der Waals surface area contributed by atoms with Gasteiger partial charge in [0.2, 0.25) is 0 Å². The molecular weight excluding hydrogens is 249 g/mol. The molecule has 0 aromatic heterocycles. The van der Waals surface area contributed by atoms with E-state index < -0.39 is 0 Å². The lowest BCUT2D eigenvalue weighted by atomic mass is 10.0. The Balaban J connectivity index is 1.65. The third-order valence-corrected chi connectivity index (χ3v) is 4.25. The highest BCUT2D eigenvalue weighted by atomic mass is 19.1. The zero-order valence-corrected chi connectivity index (χ0v) is 11.8. The number of fused-ring (bicyclic) bond motifs is 1. The molecule has 1 aliphatic rings. The lowest BCUT2D eigenvalue weighted by Crippen LogP contribution is -2.24. The minimum atomic E-state index is -0.0529. The number of halogens is 1. The molecule has 2 aromatic rings. The van der Waals surface area contributed by atoms with Crippen LogP contribution < -0.4 is 5.32 Å². The molecule has 0 heterocycles. The smallest absolute Gasteiger partial charge is 0.126 e. The molecule has 0 radical (unpaired) electrons. The Bertz CT molecular complexity index is 579. The summed E-state index contributed by atoms with van der Waals surface area (Å²) in [4.78, 5) is 0. The van der Waals surface area contributed by atoms with Gasteiger partial charge in [0.1, 0.15) is 5.82 Å². The first-order valence-corrected chi connectivity index (χ1v) is 7.31. The summed E-state index contributed by atoms with van der Waals surface area (Å²) >= 11 is 0. The highest BCUT2D eigenvalue weighted by Crippen LogP contribution is 2.32. The molecule has 2 atom stereocenters. The molecule has 0 bridgehead atoms. The summed E-state index contributed by atoms with van der Waals surface area (Å²) in [5.41, 5.74) is 3.39. The molecule has 104 valence electrons. The van der Waals surface area contributed by atoms with Crippen LogP contribution >= 0.6 is 0 Å². The molecule has 0 saturated carbocycles. The quantitative estimate of drug-likeness (QED) is 0.877. The number of hydrogen-bond acceptors (Lipinski definition) is 1. The van der Waals surface area contributed by atoms with Crippen LogP contribution in [0.4, 0.5) is 4.39 Å². The third kappa shape index (κ3) is 2.61. The molecule has 2 aromatic carbocycles. The van der Waals surface area contributed by atoms with Gasteiger partial charge in [-0.25, -0.2) is 4.39 Å². The minimum Gasteiger partial charge on any atom is -0.309 e. The maximum absolute atomic E-state index is 13.7. The van der Waals surface area contributed by atoms with Crippen LogP contribution in [0.15, 0.2) is 48.5 Å². The lowest BCUT2D eigenvalue weighted by Gasteiger charge is -2.18. The average molecular weight is 269 g/mol. The van der Waals surface area contributed by atoms with Crippen molar-refractivity contribution in [3.8, 4) is 0 Å². The summed E-state index contributed by atoms with van der Waals surface area (Å²) in [7, 11) is 0. The fourth-order valence-corrected chi connectivity index (χ4v) is 3.04. The minimum absolute atomic E-state index is 0.0529. The van der Waals surface area contributed by atoms with Crippen LogP contribution in [0, 0.1) is 5.82 Å². The van der Waals surface area contributed by atoms with Gasteiger partial charge < -0.3 is 5.32 Å². The first kappa shape index (κ1) is 13.3. The van der Waals surface area contributed by atoms with Crippen molar-refractivity contribution in [3.63, 3.8) is 0 Å². The summed E-state index contributed by atoms with van der Waals surface area (Å²) in [6, 6.07) is 16.2. The van der Waals surface area contributed by atoms with Gasteiger partial charge in [-0.3, -0.25) is 0 Å². The summed E-state index contributed by atoms with van der Waals surface area (Å²) in [5.74, 6) is 0.414. The molecular formula is C18H20FN. The Morgan fingerprint density at radius 2 is 1.95 bits per heavy atom. The van der Waals surface area contributed by atoms with Gasteiger partial charge in [0.05, 0.1) is 0 Å². The summed E-state index contributed by atoms with van der Waals surface area (Å²) < 4.78 is 13.7. The third-order valence-electron chi connectivity index (χ3n) is 4.25. The second-order valence-corrected chi connectivity index (χ2v) is 5.62. The summed E-state index contributed by atoms with van der Waals surface area (Å²) in [5, 5.41) is 3.60. The van der Waals surface area contributed by atoms with E-state index in [0.717, 1.165) is 30.5 Å². The van der Waals surface area contributed by atoms with Crippen LogP contribution in [0.25, 0.3) is 0 Å². The van der Waals surface area contributed by atoms with E-state index >= 15 is 0 Å². The monoisotopic (exact) mass is 269 g/mol. The van der Waals surface area contributed by atoms with Crippen LogP contribution in [0.5, 0.6) is 0 Å². The number of benzene rings is 2. The summed E-state index contributed by atoms with van der Waals surface area (Å²) in [6.07, 6.45) is 1.84.